The first kappa shape index (κ1) is 15.9. The number of benzene rings is 1. The molecule has 1 unspecified atom stereocenters. The molecule has 0 fully saturated rings. The monoisotopic (exact) mass is 308 g/mol. The predicted molar refractivity (Wildman–Crippen MR) is 83.4 cm³/mol. The van der Waals surface area contributed by atoms with Gasteiger partial charge in [-0.1, -0.05) is 23.9 Å². The first-order valence-corrected chi connectivity index (χ1v) is 7.85. The van der Waals surface area contributed by atoms with Crippen LogP contribution in [-0.4, -0.2) is 41.4 Å². The number of para-hydroxylation sites is 1. The molecule has 1 atom stereocenters. The molecule has 0 aromatic heterocycles. The van der Waals surface area contributed by atoms with Crippen LogP contribution in [0.3, 0.4) is 0 Å². The number of carbonyl (C=O) groups is 2. The normalized spacial score (nSPS) is 21.1. The number of anilines is 1. The maximum Gasteiger partial charge on any atom is 0.252 e. The molecule has 0 saturated heterocycles. The number of carbonyl (C=O) groups excluding carboxylic acids is 2. The minimum atomic E-state index is -1.17. The van der Waals surface area contributed by atoms with Crippen LogP contribution in [0.4, 0.5) is 5.69 Å². The molecule has 2 amide bonds. The van der Waals surface area contributed by atoms with Crippen molar-refractivity contribution in [2.24, 2.45) is 0 Å². The van der Waals surface area contributed by atoms with Crippen molar-refractivity contribution in [1.82, 2.24) is 5.32 Å². The summed E-state index contributed by atoms with van der Waals surface area (Å²) in [6, 6.07) is 7.61. The molecule has 1 aromatic rings. The van der Waals surface area contributed by atoms with Crippen LogP contribution in [0.2, 0.25) is 0 Å². The number of fused-ring (bicyclic) bond motifs is 1. The molecular formula is C15H20N2O3S. The van der Waals surface area contributed by atoms with E-state index in [9.17, 15) is 9.59 Å². The second kappa shape index (κ2) is 6.49. The average Bonchev–Trinajstić information content (AvgIpc) is 2.48. The SMILES string of the molecule is CCN1C(=O)C(C)(C(=O)NCCCO)Sc2ccccc21. The lowest BCUT2D eigenvalue weighted by atomic mass is 10.1. The van der Waals surface area contributed by atoms with Crippen LogP contribution < -0.4 is 10.2 Å². The minimum Gasteiger partial charge on any atom is -0.396 e. The molecule has 2 N–H and O–H groups in total. The molecule has 0 saturated carbocycles. The molecule has 1 aliphatic rings. The maximum absolute atomic E-state index is 12.7. The summed E-state index contributed by atoms with van der Waals surface area (Å²) in [5.41, 5.74) is 0.857. The van der Waals surface area contributed by atoms with E-state index < -0.39 is 4.75 Å². The number of rotatable bonds is 5. The second-order valence-corrected chi connectivity index (χ2v) is 6.45. The van der Waals surface area contributed by atoms with Crippen LogP contribution in [0.1, 0.15) is 20.3 Å². The molecule has 2 rings (SSSR count). The predicted octanol–water partition coefficient (Wildman–Crippen LogP) is 1.40. The number of nitrogens with one attached hydrogen (secondary N) is 1. The van der Waals surface area contributed by atoms with Gasteiger partial charge in [-0.05, 0) is 32.4 Å². The Balaban J connectivity index is 2.29. The molecule has 1 heterocycles. The molecule has 0 spiro atoms. The zero-order valence-corrected chi connectivity index (χ0v) is 13.1. The standard InChI is InChI=1S/C15H20N2O3S/c1-3-17-11-7-4-5-8-12(11)21-15(2,14(17)20)13(19)16-9-6-10-18/h4-5,7-8,18H,3,6,9-10H2,1-2H3,(H,16,19). The van der Waals surface area contributed by atoms with E-state index in [0.717, 1.165) is 10.6 Å². The van der Waals surface area contributed by atoms with Crippen molar-refractivity contribution >= 4 is 29.3 Å². The minimum absolute atomic E-state index is 0.0159. The van der Waals surface area contributed by atoms with Gasteiger partial charge in [-0.15, -0.1) is 0 Å². The summed E-state index contributed by atoms with van der Waals surface area (Å²) in [6.45, 7) is 4.46. The van der Waals surface area contributed by atoms with Crippen molar-refractivity contribution in [3.8, 4) is 0 Å². The molecule has 0 aliphatic carbocycles. The topological polar surface area (TPSA) is 69.6 Å². The lowest BCUT2D eigenvalue weighted by molar-refractivity contribution is -0.131. The number of amides is 2. The van der Waals surface area contributed by atoms with Gasteiger partial charge in [-0.3, -0.25) is 9.59 Å². The van der Waals surface area contributed by atoms with E-state index in [1.807, 2.05) is 31.2 Å². The lowest BCUT2D eigenvalue weighted by Gasteiger charge is -2.38. The third kappa shape index (κ3) is 2.91. The number of thioether (sulfide) groups is 1. The molecule has 5 nitrogen and oxygen atoms in total. The van der Waals surface area contributed by atoms with Crippen LogP contribution in [0, 0.1) is 0 Å². The Hall–Kier alpha value is -1.53. The fourth-order valence-electron chi connectivity index (χ4n) is 2.30. The van der Waals surface area contributed by atoms with Gasteiger partial charge in [0.05, 0.1) is 5.69 Å². The van der Waals surface area contributed by atoms with E-state index in [2.05, 4.69) is 5.32 Å². The van der Waals surface area contributed by atoms with Gasteiger partial charge < -0.3 is 15.3 Å². The van der Waals surface area contributed by atoms with Crippen LogP contribution in [0.15, 0.2) is 29.2 Å². The van der Waals surface area contributed by atoms with E-state index in [4.69, 9.17) is 5.11 Å². The molecular weight excluding hydrogens is 288 g/mol. The quantitative estimate of drug-likeness (QED) is 0.637. The Morgan fingerprint density at radius 1 is 1.43 bits per heavy atom. The third-order valence-electron chi connectivity index (χ3n) is 3.49. The lowest BCUT2D eigenvalue weighted by Crippen LogP contribution is -2.56. The first-order valence-electron chi connectivity index (χ1n) is 7.03. The number of hydrogen-bond acceptors (Lipinski definition) is 4. The van der Waals surface area contributed by atoms with Gasteiger partial charge in [0.15, 0.2) is 4.75 Å². The third-order valence-corrected chi connectivity index (χ3v) is 4.83. The summed E-state index contributed by atoms with van der Waals surface area (Å²) in [5.74, 6) is -0.505. The van der Waals surface area contributed by atoms with E-state index in [1.54, 1.807) is 11.8 Å². The zero-order chi connectivity index (χ0) is 15.5. The van der Waals surface area contributed by atoms with Gasteiger partial charge in [0, 0.05) is 24.6 Å². The largest absolute Gasteiger partial charge is 0.396 e. The number of hydrogen-bond donors (Lipinski definition) is 2. The highest BCUT2D eigenvalue weighted by molar-refractivity contribution is 8.02. The van der Waals surface area contributed by atoms with Crippen molar-refractivity contribution in [2.45, 2.75) is 29.9 Å². The summed E-state index contributed by atoms with van der Waals surface area (Å²) >= 11 is 1.29. The van der Waals surface area contributed by atoms with Crippen molar-refractivity contribution < 1.29 is 14.7 Å². The Kier molecular flexibility index (Phi) is 4.90. The van der Waals surface area contributed by atoms with Gasteiger partial charge in [0.2, 0.25) is 5.91 Å². The molecule has 114 valence electrons. The van der Waals surface area contributed by atoms with E-state index in [1.165, 1.54) is 11.8 Å². The van der Waals surface area contributed by atoms with Gasteiger partial charge in [0.1, 0.15) is 0 Å². The number of aliphatic hydroxyl groups excluding tert-OH is 1. The van der Waals surface area contributed by atoms with Crippen LogP contribution in [0.25, 0.3) is 0 Å². The molecule has 0 bridgehead atoms. The van der Waals surface area contributed by atoms with Crippen molar-refractivity contribution in [3.63, 3.8) is 0 Å². The summed E-state index contributed by atoms with van der Waals surface area (Å²) in [7, 11) is 0. The first-order chi connectivity index (χ1) is 10.0. The Morgan fingerprint density at radius 3 is 2.81 bits per heavy atom. The average molecular weight is 308 g/mol. The van der Waals surface area contributed by atoms with Crippen LogP contribution in [-0.2, 0) is 9.59 Å². The highest BCUT2D eigenvalue weighted by Crippen LogP contribution is 2.45. The van der Waals surface area contributed by atoms with Crippen molar-refractivity contribution in [3.05, 3.63) is 24.3 Å². The molecule has 6 heteroatoms. The second-order valence-electron chi connectivity index (χ2n) is 4.99. The molecule has 1 aromatic carbocycles. The van der Waals surface area contributed by atoms with Crippen LogP contribution in [0.5, 0.6) is 0 Å². The molecule has 21 heavy (non-hydrogen) atoms. The summed E-state index contributed by atoms with van der Waals surface area (Å²) in [4.78, 5) is 27.7. The Labute approximate surface area is 128 Å². The van der Waals surface area contributed by atoms with Crippen LogP contribution >= 0.6 is 11.8 Å². The fourth-order valence-corrected chi connectivity index (χ4v) is 3.54. The molecule has 1 aliphatic heterocycles. The molecule has 0 radical (unpaired) electrons. The van der Waals surface area contributed by atoms with E-state index in [-0.39, 0.29) is 18.4 Å². The van der Waals surface area contributed by atoms with Gasteiger partial charge >= 0.3 is 0 Å². The van der Waals surface area contributed by atoms with Gasteiger partial charge in [-0.2, -0.15) is 0 Å². The van der Waals surface area contributed by atoms with E-state index >= 15 is 0 Å². The summed E-state index contributed by atoms with van der Waals surface area (Å²) in [5, 5.41) is 11.5. The van der Waals surface area contributed by atoms with Crippen molar-refractivity contribution in [1.29, 1.82) is 0 Å². The van der Waals surface area contributed by atoms with Crippen molar-refractivity contribution in [2.75, 3.05) is 24.6 Å². The summed E-state index contributed by atoms with van der Waals surface area (Å²) < 4.78 is -1.17. The Morgan fingerprint density at radius 2 is 2.14 bits per heavy atom. The Bertz CT molecular complexity index is 549. The smallest absolute Gasteiger partial charge is 0.252 e. The highest BCUT2D eigenvalue weighted by Gasteiger charge is 2.48. The fraction of sp³-hybridized carbons (Fsp3) is 0.467. The number of nitrogens with zero attached hydrogens (tertiary/aromatic N) is 1. The number of aliphatic hydroxyl groups is 1. The van der Waals surface area contributed by atoms with Gasteiger partial charge in [0.25, 0.3) is 5.91 Å². The maximum atomic E-state index is 12.7. The highest BCUT2D eigenvalue weighted by atomic mass is 32.2. The van der Waals surface area contributed by atoms with E-state index in [0.29, 0.717) is 19.5 Å². The zero-order valence-electron chi connectivity index (χ0n) is 12.3. The summed E-state index contributed by atoms with van der Waals surface area (Å²) in [6.07, 6.45) is 0.481. The van der Waals surface area contributed by atoms with Gasteiger partial charge in [-0.25, -0.2) is 0 Å².